The van der Waals surface area contributed by atoms with Gasteiger partial charge in [-0.1, -0.05) is 35.3 Å². The maximum Gasteiger partial charge on any atom is 0.409 e. The number of H-pyrrole nitrogens is 1. The van der Waals surface area contributed by atoms with E-state index in [9.17, 15) is 4.79 Å². The van der Waals surface area contributed by atoms with Gasteiger partial charge in [0.25, 0.3) is 0 Å². The first-order chi connectivity index (χ1) is 15.1. The van der Waals surface area contributed by atoms with Crippen LogP contribution < -0.4 is 0 Å². The van der Waals surface area contributed by atoms with Crippen LogP contribution in [0.2, 0.25) is 10.0 Å². The summed E-state index contributed by atoms with van der Waals surface area (Å²) >= 11 is 12.4. The molecule has 2 atom stereocenters. The van der Waals surface area contributed by atoms with Crippen molar-refractivity contribution in [2.24, 2.45) is 0 Å². The molecule has 1 saturated heterocycles. The molecule has 1 N–H and O–H groups in total. The van der Waals surface area contributed by atoms with Gasteiger partial charge in [0.05, 0.1) is 42.8 Å². The topological polar surface area (TPSA) is 67.5 Å². The number of piperidine rings is 1. The van der Waals surface area contributed by atoms with Gasteiger partial charge in [0.15, 0.2) is 0 Å². The normalized spacial score (nSPS) is 26.6. The molecule has 0 radical (unpaired) electrons. The Balaban J connectivity index is 1.39. The van der Waals surface area contributed by atoms with Gasteiger partial charge < -0.3 is 14.4 Å². The van der Waals surface area contributed by atoms with E-state index in [1.54, 1.807) is 11.1 Å². The van der Waals surface area contributed by atoms with Crippen LogP contribution in [0.15, 0.2) is 30.5 Å². The summed E-state index contributed by atoms with van der Waals surface area (Å²) in [4.78, 5) is 14.2. The van der Waals surface area contributed by atoms with E-state index < -0.39 is 0 Å². The Morgan fingerprint density at radius 3 is 2.55 bits per heavy atom. The molecular formula is C23H29Cl2N3O3. The third-order valence-electron chi connectivity index (χ3n) is 6.70. The summed E-state index contributed by atoms with van der Waals surface area (Å²) in [5.41, 5.74) is 2.22. The van der Waals surface area contributed by atoms with Gasteiger partial charge in [-0.05, 0) is 62.1 Å². The minimum Gasteiger partial charge on any atom is -0.453 e. The van der Waals surface area contributed by atoms with Gasteiger partial charge >= 0.3 is 6.09 Å². The molecule has 1 aromatic carbocycles. The second-order valence-corrected chi connectivity index (χ2v) is 9.31. The third kappa shape index (κ3) is 5.18. The van der Waals surface area contributed by atoms with Crippen LogP contribution in [0.25, 0.3) is 0 Å². The van der Waals surface area contributed by atoms with E-state index in [0.717, 1.165) is 49.2 Å². The van der Waals surface area contributed by atoms with Crippen LogP contribution in [-0.4, -0.2) is 53.6 Å². The van der Waals surface area contributed by atoms with E-state index in [4.69, 9.17) is 32.7 Å². The summed E-state index contributed by atoms with van der Waals surface area (Å²) < 4.78 is 11.4. The molecule has 6 nitrogen and oxygen atoms in total. The third-order valence-corrected chi connectivity index (χ3v) is 7.25. The van der Waals surface area contributed by atoms with Gasteiger partial charge in [-0.25, -0.2) is 4.79 Å². The van der Waals surface area contributed by atoms with Crippen molar-refractivity contribution in [3.05, 3.63) is 51.8 Å². The van der Waals surface area contributed by atoms with Gasteiger partial charge in [-0.15, -0.1) is 0 Å². The zero-order valence-electron chi connectivity index (χ0n) is 17.7. The van der Waals surface area contributed by atoms with Crippen LogP contribution in [0.5, 0.6) is 0 Å². The highest BCUT2D eigenvalue weighted by molar-refractivity contribution is 6.31. The van der Waals surface area contributed by atoms with Crippen LogP contribution in [0.1, 0.15) is 61.6 Å². The summed E-state index contributed by atoms with van der Waals surface area (Å²) in [5, 5.41) is 8.47. The van der Waals surface area contributed by atoms with E-state index in [1.807, 2.05) is 12.1 Å². The number of aromatic amines is 1. The average Bonchev–Trinajstić information content (AvgIpc) is 3.23. The minimum atomic E-state index is -0.319. The maximum atomic E-state index is 12.4. The molecule has 1 aliphatic heterocycles. The lowest BCUT2D eigenvalue weighted by atomic mass is 9.82. The highest BCUT2D eigenvalue weighted by Crippen LogP contribution is 2.38. The maximum absolute atomic E-state index is 12.4. The molecule has 1 aromatic heterocycles. The van der Waals surface area contributed by atoms with Crippen molar-refractivity contribution in [1.82, 2.24) is 15.1 Å². The number of halogens is 2. The molecule has 1 saturated carbocycles. The Bertz CT molecular complexity index is 865. The number of nitrogens with zero attached hydrogens (tertiary/aromatic N) is 2. The van der Waals surface area contributed by atoms with Crippen LogP contribution in [0.3, 0.4) is 0 Å². The summed E-state index contributed by atoms with van der Waals surface area (Å²) in [6.07, 6.45) is 7.50. The van der Waals surface area contributed by atoms with Gasteiger partial charge in [0.2, 0.25) is 0 Å². The average molecular weight is 466 g/mol. The number of aromatic nitrogens is 2. The van der Waals surface area contributed by atoms with Crippen LogP contribution >= 0.6 is 23.2 Å². The second kappa shape index (κ2) is 10.2. The summed E-state index contributed by atoms with van der Waals surface area (Å²) in [5.74, 6) is 0.600. The van der Waals surface area contributed by atoms with Crippen molar-refractivity contribution in [1.29, 1.82) is 0 Å². The molecule has 168 valence electrons. The number of amides is 1. The van der Waals surface area contributed by atoms with Crippen LogP contribution in [0.4, 0.5) is 4.79 Å². The Hall–Kier alpha value is -1.76. The van der Waals surface area contributed by atoms with E-state index in [1.165, 1.54) is 12.7 Å². The summed E-state index contributed by atoms with van der Waals surface area (Å²) in [6.45, 7) is 1.12. The summed E-state index contributed by atoms with van der Waals surface area (Å²) in [6, 6.07) is 8.05. The van der Waals surface area contributed by atoms with Crippen LogP contribution in [-0.2, 0) is 9.47 Å². The Kier molecular flexibility index (Phi) is 7.41. The molecule has 0 spiro atoms. The number of hydrogen-bond donors (Lipinski definition) is 1. The first kappa shape index (κ1) is 22.4. The SMILES string of the molecule is COC(=O)N1CCC[C@H](c2[nH]ncc2Cl)[C@@H]1COC1CCC(c2ccc(Cl)cc2)CC1. The van der Waals surface area contributed by atoms with Crippen molar-refractivity contribution in [2.45, 2.75) is 62.5 Å². The first-order valence-corrected chi connectivity index (χ1v) is 11.7. The monoisotopic (exact) mass is 465 g/mol. The predicted molar refractivity (Wildman–Crippen MR) is 121 cm³/mol. The molecule has 0 unspecified atom stereocenters. The van der Waals surface area contributed by atoms with Gasteiger partial charge in [-0.3, -0.25) is 5.10 Å². The number of rotatable bonds is 5. The predicted octanol–water partition coefficient (Wildman–Crippen LogP) is 5.77. The van der Waals surface area contributed by atoms with Crippen molar-refractivity contribution < 1.29 is 14.3 Å². The first-order valence-electron chi connectivity index (χ1n) is 11.0. The number of hydrogen-bond acceptors (Lipinski definition) is 4. The zero-order valence-corrected chi connectivity index (χ0v) is 19.2. The molecule has 2 heterocycles. The molecular weight excluding hydrogens is 437 g/mol. The molecule has 0 bridgehead atoms. The Morgan fingerprint density at radius 1 is 1.16 bits per heavy atom. The van der Waals surface area contributed by atoms with Crippen molar-refractivity contribution >= 4 is 29.3 Å². The number of ether oxygens (including phenoxy) is 2. The minimum absolute atomic E-state index is 0.0493. The van der Waals surface area contributed by atoms with E-state index in [0.29, 0.717) is 24.1 Å². The molecule has 1 amide bonds. The van der Waals surface area contributed by atoms with E-state index >= 15 is 0 Å². The fourth-order valence-electron chi connectivity index (χ4n) is 5.02. The quantitative estimate of drug-likeness (QED) is 0.607. The largest absolute Gasteiger partial charge is 0.453 e. The highest BCUT2D eigenvalue weighted by atomic mass is 35.5. The molecule has 2 aromatic rings. The molecule has 31 heavy (non-hydrogen) atoms. The van der Waals surface area contributed by atoms with Crippen molar-refractivity contribution in [3.63, 3.8) is 0 Å². The molecule has 2 fully saturated rings. The number of nitrogens with one attached hydrogen (secondary N) is 1. The van der Waals surface area contributed by atoms with Gasteiger partial charge in [0, 0.05) is 17.5 Å². The fourth-order valence-corrected chi connectivity index (χ4v) is 5.37. The van der Waals surface area contributed by atoms with E-state index in [2.05, 4.69) is 22.3 Å². The number of carbonyl (C=O) groups is 1. The molecule has 2 aliphatic rings. The lowest BCUT2D eigenvalue weighted by Gasteiger charge is -2.41. The van der Waals surface area contributed by atoms with Crippen molar-refractivity contribution in [2.75, 3.05) is 20.3 Å². The second-order valence-electron chi connectivity index (χ2n) is 8.47. The molecule has 1 aliphatic carbocycles. The molecule has 4 rings (SSSR count). The van der Waals surface area contributed by atoms with Crippen molar-refractivity contribution in [3.8, 4) is 0 Å². The number of methoxy groups -OCH3 is 1. The number of likely N-dealkylation sites (tertiary alicyclic amines) is 1. The van der Waals surface area contributed by atoms with Crippen LogP contribution in [0, 0.1) is 0 Å². The zero-order chi connectivity index (χ0) is 21.8. The van der Waals surface area contributed by atoms with Gasteiger partial charge in [0.1, 0.15) is 0 Å². The number of benzene rings is 1. The number of carbonyl (C=O) groups excluding carboxylic acids is 1. The smallest absolute Gasteiger partial charge is 0.409 e. The summed E-state index contributed by atoms with van der Waals surface area (Å²) in [7, 11) is 1.42. The Morgan fingerprint density at radius 2 is 1.90 bits per heavy atom. The Labute approximate surface area is 193 Å². The fraction of sp³-hybridized carbons (Fsp3) is 0.565. The standard InChI is InChI=1S/C23H29Cl2N3O3/c1-30-23(29)28-12-2-3-19(22-20(25)13-26-27-22)21(28)14-31-18-10-6-16(7-11-18)15-4-8-17(24)9-5-15/h4-5,8-9,13,16,18-19,21H,2-3,6-7,10-12,14H2,1H3,(H,26,27)/t16?,18?,19-,21-/m0/s1. The highest BCUT2D eigenvalue weighted by Gasteiger charge is 2.38. The van der Waals surface area contributed by atoms with E-state index in [-0.39, 0.29) is 24.2 Å². The lowest BCUT2D eigenvalue weighted by Crippen LogP contribution is -2.50. The molecule has 8 heteroatoms. The lowest BCUT2D eigenvalue weighted by molar-refractivity contribution is -0.0242. The van der Waals surface area contributed by atoms with Gasteiger partial charge in [-0.2, -0.15) is 5.10 Å².